The highest BCUT2D eigenvalue weighted by Crippen LogP contribution is 2.25. The van der Waals surface area contributed by atoms with Crippen LogP contribution < -0.4 is 5.32 Å². The Morgan fingerprint density at radius 2 is 1.75 bits per heavy atom. The van der Waals surface area contributed by atoms with Crippen LogP contribution in [-0.2, 0) is 9.53 Å². The number of ketones is 1. The number of aliphatic hydroxyl groups is 3. The molecule has 0 bridgehead atoms. The van der Waals surface area contributed by atoms with E-state index < -0.39 is 43.0 Å². The molecule has 0 unspecified atom stereocenters. The quantitative estimate of drug-likeness (QED) is 0.432. The van der Waals surface area contributed by atoms with Crippen molar-refractivity contribution in [2.24, 2.45) is 0 Å². The van der Waals surface area contributed by atoms with Crippen molar-refractivity contribution >= 4 is 11.7 Å². The van der Waals surface area contributed by atoms with Crippen LogP contribution in [0.25, 0.3) is 0 Å². The molecule has 1 aromatic rings. The van der Waals surface area contributed by atoms with Gasteiger partial charge in [0.2, 0.25) is 5.91 Å². The molecule has 1 aliphatic heterocycles. The number of carbonyl (C=O) groups is 2. The molecule has 1 amide bonds. The molecule has 1 aromatic carbocycles. The number of aliphatic hydroxyl groups excluding tert-OH is 3. The molecule has 2 rings (SSSR count). The lowest BCUT2D eigenvalue weighted by atomic mass is 9.89. The summed E-state index contributed by atoms with van der Waals surface area (Å²) in [6, 6.07) is 4.65. The summed E-state index contributed by atoms with van der Waals surface area (Å²) in [6.45, 7) is 0.713. The fraction of sp³-hybridized carbons (Fsp3) is 0.500. The number of amides is 1. The Balaban J connectivity index is 2.17. The summed E-state index contributed by atoms with van der Waals surface area (Å²) >= 11 is 0. The van der Waals surface area contributed by atoms with Gasteiger partial charge in [0.05, 0.1) is 18.8 Å². The van der Waals surface area contributed by atoms with Crippen molar-refractivity contribution in [3.8, 4) is 5.75 Å². The van der Waals surface area contributed by atoms with Crippen molar-refractivity contribution in [2.75, 3.05) is 6.61 Å². The molecule has 1 fully saturated rings. The Bertz CT molecular complexity index is 589. The van der Waals surface area contributed by atoms with E-state index in [-0.39, 0.29) is 18.0 Å². The van der Waals surface area contributed by atoms with Crippen LogP contribution in [0.4, 0.5) is 0 Å². The Labute approximate surface area is 138 Å². The smallest absolute Gasteiger partial charge is 0.217 e. The van der Waals surface area contributed by atoms with Crippen molar-refractivity contribution in [2.45, 2.75) is 43.8 Å². The predicted molar refractivity (Wildman–Crippen MR) is 82.4 cm³/mol. The van der Waals surface area contributed by atoms with Gasteiger partial charge in [-0.2, -0.15) is 0 Å². The summed E-state index contributed by atoms with van der Waals surface area (Å²) in [6.07, 6.45) is -4.90. The normalized spacial score (nSPS) is 29.9. The highest BCUT2D eigenvalue weighted by Gasteiger charge is 2.45. The zero-order chi connectivity index (χ0) is 17.9. The Morgan fingerprint density at radius 1 is 1.12 bits per heavy atom. The first-order chi connectivity index (χ1) is 11.3. The van der Waals surface area contributed by atoms with E-state index >= 15 is 0 Å². The molecule has 0 spiro atoms. The van der Waals surface area contributed by atoms with Gasteiger partial charge in [-0.15, -0.1) is 0 Å². The second kappa shape index (κ2) is 7.71. The molecule has 8 heteroatoms. The molecule has 0 aliphatic carbocycles. The molecular formula is C16H21NO7. The number of aromatic hydroxyl groups is 1. The van der Waals surface area contributed by atoms with Gasteiger partial charge in [0.1, 0.15) is 24.1 Å². The number of rotatable bonds is 5. The minimum absolute atomic E-state index is 0.0236. The molecule has 132 valence electrons. The van der Waals surface area contributed by atoms with Crippen LogP contribution in [0.1, 0.15) is 23.7 Å². The van der Waals surface area contributed by atoms with Gasteiger partial charge in [0, 0.05) is 18.9 Å². The molecule has 5 atom stereocenters. The van der Waals surface area contributed by atoms with E-state index in [4.69, 9.17) is 4.74 Å². The average Bonchev–Trinajstić information content (AvgIpc) is 2.54. The van der Waals surface area contributed by atoms with Gasteiger partial charge in [-0.05, 0) is 24.3 Å². The highest BCUT2D eigenvalue weighted by molar-refractivity contribution is 5.96. The average molecular weight is 339 g/mol. The largest absolute Gasteiger partial charge is 0.508 e. The van der Waals surface area contributed by atoms with E-state index in [0.29, 0.717) is 5.56 Å². The van der Waals surface area contributed by atoms with Gasteiger partial charge in [-0.1, -0.05) is 0 Å². The summed E-state index contributed by atoms with van der Waals surface area (Å²) in [7, 11) is 0. The second-order valence-electron chi connectivity index (χ2n) is 5.78. The summed E-state index contributed by atoms with van der Waals surface area (Å²) in [5.41, 5.74) is 0.333. The van der Waals surface area contributed by atoms with Crippen LogP contribution in [0.15, 0.2) is 24.3 Å². The van der Waals surface area contributed by atoms with Gasteiger partial charge in [-0.25, -0.2) is 0 Å². The molecule has 24 heavy (non-hydrogen) atoms. The molecule has 8 nitrogen and oxygen atoms in total. The van der Waals surface area contributed by atoms with Crippen molar-refractivity contribution in [3.05, 3.63) is 29.8 Å². The van der Waals surface area contributed by atoms with Gasteiger partial charge in [0.15, 0.2) is 5.78 Å². The van der Waals surface area contributed by atoms with Crippen LogP contribution in [0, 0.1) is 0 Å². The number of hydrogen-bond acceptors (Lipinski definition) is 7. The maximum absolute atomic E-state index is 12.4. The Morgan fingerprint density at radius 3 is 2.29 bits per heavy atom. The number of ether oxygens (including phenoxy) is 1. The van der Waals surface area contributed by atoms with Crippen LogP contribution >= 0.6 is 0 Å². The predicted octanol–water partition coefficient (Wildman–Crippen LogP) is -1.05. The van der Waals surface area contributed by atoms with Crippen LogP contribution in [-0.4, -0.2) is 69.2 Å². The number of phenols is 1. The monoisotopic (exact) mass is 339 g/mol. The minimum atomic E-state index is -1.38. The van der Waals surface area contributed by atoms with Crippen LogP contribution in [0.2, 0.25) is 0 Å². The standard InChI is InChI=1S/C16H21NO7/c1-8(19)17-14-12(24-13(7-18)15(22)16(14)23)6-11(21)9-2-4-10(20)5-3-9/h2-5,12-16,18,20,22-23H,6-7H2,1H3,(H,17,19)/t12-,13-,14+,15+,16-/m1/s1. The molecule has 1 aliphatic rings. The number of Topliss-reactive ketones (excluding diaryl/α,β-unsaturated/α-hetero) is 1. The van der Waals surface area contributed by atoms with Gasteiger partial charge < -0.3 is 30.5 Å². The van der Waals surface area contributed by atoms with E-state index in [0.717, 1.165) is 0 Å². The van der Waals surface area contributed by atoms with Crippen molar-refractivity contribution < 1.29 is 34.8 Å². The van der Waals surface area contributed by atoms with Crippen molar-refractivity contribution in [1.29, 1.82) is 0 Å². The van der Waals surface area contributed by atoms with Gasteiger partial charge in [0.25, 0.3) is 0 Å². The maximum Gasteiger partial charge on any atom is 0.217 e. The van der Waals surface area contributed by atoms with E-state index in [2.05, 4.69) is 5.32 Å². The summed E-state index contributed by atoms with van der Waals surface area (Å²) in [5.74, 6) is -0.745. The zero-order valence-corrected chi connectivity index (χ0v) is 13.1. The number of carbonyl (C=O) groups excluding carboxylic acids is 2. The molecule has 1 saturated heterocycles. The van der Waals surface area contributed by atoms with Crippen LogP contribution in [0.5, 0.6) is 5.75 Å². The second-order valence-corrected chi connectivity index (χ2v) is 5.78. The summed E-state index contributed by atoms with van der Waals surface area (Å²) in [4.78, 5) is 23.7. The molecule has 1 heterocycles. The maximum atomic E-state index is 12.4. The third-order valence-electron chi connectivity index (χ3n) is 3.97. The van der Waals surface area contributed by atoms with Gasteiger partial charge >= 0.3 is 0 Å². The third-order valence-corrected chi connectivity index (χ3v) is 3.97. The van der Waals surface area contributed by atoms with Crippen LogP contribution in [0.3, 0.4) is 0 Å². The van der Waals surface area contributed by atoms with E-state index in [1.165, 1.54) is 31.2 Å². The molecule has 0 saturated carbocycles. The number of nitrogens with one attached hydrogen (secondary N) is 1. The first-order valence-corrected chi connectivity index (χ1v) is 7.55. The SMILES string of the molecule is CC(=O)N[C@@H]1[C@@H](O)[C@@H](O)[C@@H](CO)O[C@@H]1CC(=O)c1ccc(O)cc1. The fourth-order valence-corrected chi connectivity index (χ4v) is 2.73. The summed E-state index contributed by atoms with van der Waals surface area (Å²) < 4.78 is 5.50. The highest BCUT2D eigenvalue weighted by atomic mass is 16.5. The zero-order valence-electron chi connectivity index (χ0n) is 13.1. The first kappa shape index (κ1) is 18.3. The molecular weight excluding hydrogens is 318 g/mol. The Kier molecular flexibility index (Phi) is 5.89. The fourth-order valence-electron chi connectivity index (χ4n) is 2.73. The molecule has 0 radical (unpaired) electrons. The summed E-state index contributed by atoms with van der Waals surface area (Å²) in [5, 5.41) is 41.1. The number of phenolic OH excluding ortho intramolecular Hbond substituents is 1. The lowest BCUT2D eigenvalue weighted by Gasteiger charge is -2.42. The van der Waals surface area contributed by atoms with Crippen molar-refractivity contribution in [1.82, 2.24) is 5.32 Å². The minimum Gasteiger partial charge on any atom is -0.508 e. The van der Waals surface area contributed by atoms with E-state index in [9.17, 15) is 30.0 Å². The van der Waals surface area contributed by atoms with Gasteiger partial charge in [-0.3, -0.25) is 9.59 Å². The number of benzene rings is 1. The Hall–Kier alpha value is -2.00. The topological polar surface area (TPSA) is 136 Å². The van der Waals surface area contributed by atoms with E-state index in [1.807, 2.05) is 0 Å². The van der Waals surface area contributed by atoms with E-state index in [1.54, 1.807) is 0 Å². The molecule has 0 aromatic heterocycles. The lowest BCUT2D eigenvalue weighted by molar-refractivity contribution is -0.194. The first-order valence-electron chi connectivity index (χ1n) is 7.55. The molecule has 5 N–H and O–H groups in total. The third kappa shape index (κ3) is 4.09. The number of hydrogen-bond donors (Lipinski definition) is 5. The lowest BCUT2D eigenvalue weighted by Crippen LogP contribution is -2.64. The van der Waals surface area contributed by atoms with Crippen molar-refractivity contribution in [3.63, 3.8) is 0 Å².